The summed E-state index contributed by atoms with van der Waals surface area (Å²) in [5, 5.41) is 3.42. The second kappa shape index (κ2) is 8.06. The zero-order valence-corrected chi connectivity index (χ0v) is 11.8. The predicted octanol–water partition coefficient (Wildman–Crippen LogP) is 2.74. The summed E-state index contributed by atoms with van der Waals surface area (Å²) >= 11 is 0. The van der Waals surface area contributed by atoms with Gasteiger partial charge in [-0.3, -0.25) is 0 Å². The van der Waals surface area contributed by atoms with Gasteiger partial charge in [0.2, 0.25) is 0 Å². The molecular formula is C14H29NO2. The Balaban J connectivity index is 1.88. The molecule has 0 amide bonds. The summed E-state index contributed by atoms with van der Waals surface area (Å²) in [5.74, 6) is 0. The summed E-state index contributed by atoms with van der Waals surface area (Å²) in [7, 11) is 0. The number of epoxide rings is 1. The lowest BCUT2D eigenvalue weighted by molar-refractivity contribution is -0.0260. The highest BCUT2D eigenvalue weighted by Crippen LogP contribution is 2.18. The van der Waals surface area contributed by atoms with E-state index < -0.39 is 0 Å². The third kappa shape index (κ3) is 8.58. The minimum Gasteiger partial charge on any atom is -0.376 e. The van der Waals surface area contributed by atoms with Crippen molar-refractivity contribution >= 4 is 0 Å². The molecule has 0 aromatic heterocycles. The molecule has 1 atom stereocenters. The van der Waals surface area contributed by atoms with Crippen LogP contribution in [0.4, 0.5) is 0 Å². The van der Waals surface area contributed by atoms with E-state index in [1.165, 1.54) is 25.7 Å². The van der Waals surface area contributed by atoms with E-state index in [9.17, 15) is 0 Å². The highest BCUT2D eigenvalue weighted by molar-refractivity contribution is 4.72. The highest BCUT2D eigenvalue weighted by atomic mass is 16.6. The van der Waals surface area contributed by atoms with Crippen LogP contribution in [0.1, 0.15) is 52.9 Å². The van der Waals surface area contributed by atoms with E-state index in [0.29, 0.717) is 6.10 Å². The van der Waals surface area contributed by atoms with Crippen molar-refractivity contribution in [2.24, 2.45) is 0 Å². The molecule has 0 aliphatic carbocycles. The number of nitrogens with one attached hydrogen (secondary N) is 1. The monoisotopic (exact) mass is 243 g/mol. The molecule has 1 aliphatic rings. The van der Waals surface area contributed by atoms with Crippen molar-refractivity contribution in [3.8, 4) is 0 Å². The molecule has 1 rings (SSSR count). The largest absolute Gasteiger partial charge is 0.376 e. The van der Waals surface area contributed by atoms with E-state index in [1.54, 1.807) is 0 Å². The standard InChI is InChI=1S/C14H29NO2/c1-4-5-10-17-14(2,3)8-6-7-9-15-11-13-12-16-13/h13,15H,4-12H2,1-3H3. The van der Waals surface area contributed by atoms with Gasteiger partial charge in [0.1, 0.15) is 0 Å². The number of unbranched alkanes of at least 4 members (excludes halogenated alkanes) is 2. The van der Waals surface area contributed by atoms with Gasteiger partial charge in [0.15, 0.2) is 0 Å². The number of hydrogen-bond acceptors (Lipinski definition) is 3. The Labute approximate surface area is 106 Å². The predicted molar refractivity (Wildman–Crippen MR) is 71.4 cm³/mol. The van der Waals surface area contributed by atoms with E-state index in [0.717, 1.165) is 32.7 Å². The molecule has 3 nitrogen and oxygen atoms in total. The fourth-order valence-corrected chi connectivity index (χ4v) is 1.81. The van der Waals surface area contributed by atoms with Crippen LogP contribution in [0.25, 0.3) is 0 Å². The first-order chi connectivity index (χ1) is 8.14. The van der Waals surface area contributed by atoms with Crippen molar-refractivity contribution in [2.45, 2.75) is 64.6 Å². The number of rotatable bonds is 11. The first kappa shape index (κ1) is 14.9. The lowest BCUT2D eigenvalue weighted by Gasteiger charge is -2.25. The van der Waals surface area contributed by atoms with Crippen molar-refractivity contribution in [1.82, 2.24) is 5.32 Å². The Hall–Kier alpha value is -0.120. The third-order valence-electron chi connectivity index (χ3n) is 3.15. The Kier molecular flexibility index (Phi) is 7.09. The lowest BCUT2D eigenvalue weighted by atomic mass is 10.0. The summed E-state index contributed by atoms with van der Waals surface area (Å²) in [6.45, 7) is 10.6. The fourth-order valence-electron chi connectivity index (χ4n) is 1.81. The number of hydrogen-bond donors (Lipinski definition) is 1. The summed E-state index contributed by atoms with van der Waals surface area (Å²) in [5.41, 5.74) is 0.0504. The van der Waals surface area contributed by atoms with Crippen molar-refractivity contribution in [2.75, 3.05) is 26.3 Å². The third-order valence-corrected chi connectivity index (χ3v) is 3.15. The van der Waals surface area contributed by atoms with Crippen LogP contribution in [0, 0.1) is 0 Å². The average molecular weight is 243 g/mol. The van der Waals surface area contributed by atoms with Crippen LogP contribution in [0.5, 0.6) is 0 Å². The maximum Gasteiger partial charge on any atom is 0.0933 e. The Morgan fingerprint density at radius 1 is 1.29 bits per heavy atom. The van der Waals surface area contributed by atoms with Gasteiger partial charge >= 0.3 is 0 Å². The second-order valence-electron chi connectivity index (χ2n) is 5.58. The molecule has 0 radical (unpaired) electrons. The zero-order valence-electron chi connectivity index (χ0n) is 11.8. The minimum absolute atomic E-state index is 0.0504. The normalized spacial score (nSPS) is 19.6. The molecule has 102 valence electrons. The smallest absolute Gasteiger partial charge is 0.0933 e. The van der Waals surface area contributed by atoms with Gasteiger partial charge < -0.3 is 14.8 Å². The van der Waals surface area contributed by atoms with Gasteiger partial charge in [-0.25, -0.2) is 0 Å². The maximum absolute atomic E-state index is 5.88. The Morgan fingerprint density at radius 2 is 2.06 bits per heavy atom. The summed E-state index contributed by atoms with van der Waals surface area (Å²) in [6, 6.07) is 0. The Morgan fingerprint density at radius 3 is 2.71 bits per heavy atom. The fraction of sp³-hybridized carbons (Fsp3) is 1.00. The van der Waals surface area contributed by atoms with Gasteiger partial charge in [-0.1, -0.05) is 13.3 Å². The van der Waals surface area contributed by atoms with Crippen LogP contribution in [-0.2, 0) is 9.47 Å². The van der Waals surface area contributed by atoms with Gasteiger partial charge in [0.05, 0.1) is 18.3 Å². The molecule has 0 bridgehead atoms. The van der Waals surface area contributed by atoms with E-state index in [2.05, 4.69) is 26.1 Å². The number of ether oxygens (including phenoxy) is 2. The summed E-state index contributed by atoms with van der Waals surface area (Å²) in [6.07, 6.45) is 6.50. The van der Waals surface area contributed by atoms with Gasteiger partial charge in [-0.15, -0.1) is 0 Å². The van der Waals surface area contributed by atoms with E-state index in [1.807, 2.05) is 0 Å². The molecule has 1 N–H and O–H groups in total. The molecule has 3 heteroatoms. The molecular weight excluding hydrogens is 214 g/mol. The highest BCUT2D eigenvalue weighted by Gasteiger charge is 2.21. The van der Waals surface area contributed by atoms with Crippen molar-refractivity contribution in [1.29, 1.82) is 0 Å². The molecule has 0 aromatic carbocycles. The first-order valence-corrected chi connectivity index (χ1v) is 7.10. The van der Waals surface area contributed by atoms with Crippen LogP contribution < -0.4 is 5.32 Å². The van der Waals surface area contributed by atoms with Gasteiger partial charge in [-0.2, -0.15) is 0 Å². The van der Waals surface area contributed by atoms with Crippen LogP contribution in [0.2, 0.25) is 0 Å². The molecule has 0 spiro atoms. The molecule has 1 heterocycles. The molecule has 0 saturated carbocycles. The van der Waals surface area contributed by atoms with Crippen LogP contribution in [0.15, 0.2) is 0 Å². The lowest BCUT2D eigenvalue weighted by Crippen LogP contribution is -2.26. The maximum atomic E-state index is 5.88. The zero-order chi connectivity index (χ0) is 12.6. The molecule has 1 fully saturated rings. The average Bonchev–Trinajstić information content (AvgIpc) is 3.07. The second-order valence-corrected chi connectivity index (χ2v) is 5.58. The molecule has 0 aromatic rings. The van der Waals surface area contributed by atoms with Crippen molar-refractivity contribution in [3.05, 3.63) is 0 Å². The van der Waals surface area contributed by atoms with Gasteiger partial charge in [0.25, 0.3) is 0 Å². The quantitative estimate of drug-likeness (QED) is 0.447. The topological polar surface area (TPSA) is 33.8 Å². The summed E-state index contributed by atoms with van der Waals surface area (Å²) in [4.78, 5) is 0. The SMILES string of the molecule is CCCCOC(C)(C)CCCCNCC1CO1. The molecule has 1 aliphatic heterocycles. The van der Waals surface area contributed by atoms with Crippen LogP contribution >= 0.6 is 0 Å². The summed E-state index contributed by atoms with van der Waals surface area (Å²) < 4.78 is 11.0. The van der Waals surface area contributed by atoms with E-state index in [-0.39, 0.29) is 5.60 Å². The van der Waals surface area contributed by atoms with Gasteiger partial charge in [-0.05, 0) is 46.1 Å². The molecule has 1 unspecified atom stereocenters. The Bertz CT molecular complexity index is 191. The first-order valence-electron chi connectivity index (χ1n) is 7.10. The molecule has 17 heavy (non-hydrogen) atoms. The van der Waals surface area contributed by atoms with E-state index in [4.69, 9.17) is 9.47 Å². The van der Waals surface area contributed by atoms with Crippen molar-refractivity contribution in [3.63, 3.8) is 0 Å². The van der Waals surface area contributed by atoms with Crippen molar-refractivity contribution < 1.29 is 9.47 Å². The van der Waals surface area contributed by atoms with Crippen LogP contribution in [0.3, 0.4) is 0 Å². The van der Waals surface area contributed by atoms with Gasteiger partial charge in [0, 0.05) is 13.2 Å². The van der Waals surface area contributed by atoms with Crippen LogP contribution in [-0.4, -0.2) is 38.0 Å². The molecule has 1 saturated heterocycles. The van der Waals surface area contributed by atoms with E-state index >= 15 is 0 Å². The minimum atomic E-state index is 0.0504.